The largest absolute Gasteiger partial charge is 0.345 e. The second kappa shape index (κ2) is 5.34. The Bertz CT molecular complexity index is 679. The standard InChI is InChI=1S/C16H22N6/c1-2-3-9-22-13-12-10-17-11-18-14(12)20-21-15(13)19-16(22)7-5-4-6-8-16/h10-11H,2-9H2,1H3,(H,19,21). The molecule has 2 aromatic rings. The minimum Gasteiger partial charge on any atom is -0.345 e. The fraction of sp³-hybridized carbons (Fsp3) is 0.625. The Balaban J connectivity index is 1.84. The predicted molar refractivity (Wildman–Crippen MR) is 86.8 cm³/mol. The average Bonchev–Trinajstić information content (AvgIpc) is 2.86. The highest BCUT2D eigenvalue weighted by atomic mass is 15.4. The minimum atomic E-state index is 0.0224. The first-order valence-electron chi connectivity index (χ1n) is 8.36. The Hall–Kier alpha value is -1.98. The van der Waals surface area contributed by atoms with Crippen LogP contribution in [-0.2, 0) is 0 Å². The predicted octanol–water partition coefficient (Wildman–Crippen LogP) is 3.11. The van der Waals surface area contributed by atoms with Crippen molar-refractivity contribution in [1.82, 2.24) is 20.2 Å². The van der Waals surface area contributed by atoms with Crippen LogP contribution in [0.2, 0.25) is 0 Å². The first-order chi connectivity index (χ1) is 10.8. The van der Waals surface area contributed by atoms with Crippen LogP contribution in [0.25, 0.3) is 11.0 Å². The van der Waals surface area contributed by atoms with Gasteiger partial charge in [-0.15, -0.1) is 10.2 Å². The van der Waals surface area contributed by atoms with E-state index in [1.54, 1.807) is 6.33 Å². The molecule has 0 radical (unpaired) electrons. The lowest BCUT2D eigenvalue weighted by Gasteiger charge is -2.43. The summed E-state index contributed by atoms with van der Waals surface area (Å²) in [6.07, 6.45) is 12.0. The number of hydrogen-bond acceptors (Lipinski definition) is 6. The van der Waals surface area contributed by atoms with E-state index in [4.69, 9.17) is 0 Å². The van der Waals surface area contributed by atoms with E-state index < -0.39 is 0 Å². The van der Waals surface area contributed by atoms with Crippen LogP contribution in [0.15, 0.2) is 12.5 Å². The van der Waals surface area contributed by atoms with Gasteiger partial charge in [0, 0.05) is 12.7 Å². The van der Waals surface area contributed by atoms with Crippen LogP contribution in [0.4, 0.5) is 11.5 Å². The fourth-order valence-electron chi connectivity index (χ4n) is 3.88. The highest BCUT2D eigenvalue weighted by molar-refractivity contribution is 5.97. The van der Waals surface area contributed by atoms with Gasteiger partial charge < -0.3 is 10.2 Å². The topological polar surface area (TPSA) is 66.8 Å². The van der Waals surface area contributed by atoms with E-state index in [1.807, 2.05) is 6.20 Å². The van der Waals surface area contributed by atoms with E-state index in [9.17, 15) is 0 Å². The van der Waals surface area contributed by atoms with Crippen LogP contribution in [-0.4, -0.2) is 32.4 Å². The summed E-state index contributed by atoms with van der Waals surface area (Å²) in [5, 5.41) is 13.4. The zero-order chi connectivity index (χ0) is 15.0. The Morgan fingerprint density at radius 2 is 2.09 bits per heavy atom. The van der Waals surface area contributed by atoms with E-state index in [-0.39, 0.29) is 5.66 Å². The number of hydrogen-bond donors (Lipinski definition) is 1. The molecule has 1 fully saturated rings. The van der Waals surface area contributed by atoms with Crippen molar-refractivity contribution in [3.05, 3.63) is 12.5 Å². The molecule has 2 aliphatic rings. The summed E-state index contributed by atoms with van der Waals surface area (Å²) in [4.78, 5) is 11.0. The molecule has 3 heterocycles. The number of nitrogens with one attached hydrogen (secondary N) is 1. The first kappa shape index (κ1) is 13.7. The molecule has 6 nitrogen and oxygen atoms in total. The monoisotopic (exact) mass is 298 g/mol. The maximum Gasteiger partial charge on any atom is 0.187 e. The molecule has 1 saturated carbocycles. The van der Waals surface area contributed by atoms with Crippen molar-refractivity contribution in [3.63, 3.8) is 0 Å². The number of nitrogens with zero attached hydrogens (tertiary/aromatic N) is 5. The number of aromatic nitrogens is 4. The number of unbranched alkanes of at least 4 members (excludes halogenated alkanes) is 1. The third-order valence-corrected chi connectivity index (χ3v) is 4.97. The van der Waals surface area contributed by atoms with Crippen LogP contribution >= 0.6 is 0 Å². The lowest BCUT2D eigenvalue weighted by molar-refractivity contribution is 0.316. The zero-order valence-electron chi connectivity index (χ0n) is 13.0. The van der Waals surface area contributed by atoms with Gasteiger partial charge in [-0.3, -0.25) is 0 Å². The molecule has 0 aromatic carbocycles. The summed E-state index contributed by atoms with van der Waals surface area (Å²) in [6.45, 7) is 3.29. The van der Waals surface area contributed by atoms with E-state index in [0.29, 0.717) is 5.65 Å². The smallest absolute Gasteiger partial charge is 0.187 e. The van der Waals surface area contributed by atoms with Crippen molar-refractivity contribution in [2.45, 2.75) is 57.5 Å². The first-order valence-corrected chi connectivity index (χ1v) is 8.36. The Labute approximate surface area is 130 Å². The Morgan fingerprint density at radius 3 is 2.91 bits per heavy atom. The summed E-state index contributed by atoms with van der Waals surface area (Å²) < 4.78 is 0. The molecule has 0 bridgehead atoms. The molecule has 22 heavy (non-hydrogen) atoms. The van der Waals surface area contributed by atoms with Crippen molar-refractivity contribution < 1.29 is 0 Å². The lowest BCUT2D eigenvalue weighted by atomic mass is 9.88. The van der Waals surface area contributed by atoms with Gasteiger partial charge in [-0.05, 0) is 32.1 Å². The van der Waals surface area contributed by atoms with Crippen molar-refractivity contribution in [3.8, 4) is 0 Å². The quantitative estimate of drug-likeness (QED) is 0.939. The molecular formula is C16H22N6. The minimum absolute atomic E-state index is 0.0224. The van der Waals surface area contributed by atoms with Crippen LogP contribution in [0.5, 0.6) is 0 Å². The van der Waals surface area contributed by atoms with Gasteiger partial charge in [0.15, 0.2) is 11.5 Å². The van der Waals surface area contributed by atoms with Gasteiger partial charge in [0.05, 0.1) is 11.1 Å². The Kier molecular flexibility index (Phi) is 3.32. The molecule has 1 aliphatic heterocycles. The molecule has 6 heteroatoms. The maximum absolute atomic E-state index is 4.40. The third-order valence-electron chi connectivity index (χ3n) is 4.97. The maximum atomic E-state index is 4.40. The highest BCUT2D eigenvalue weighted by Gasteiger charge is 2.45. The van der Waals surface area contributed by atoms with E-state index in [2.05, 4.69) is 37.3 Å². The molecule has 0 saturated heterocycles. The van der Waals surface area contributed by atoms with E-state index >= 15 is 0 Å². The van der Waals surface area contributed by atoms with Gasteiger partial charge in [-0.25, -0.2) is 9.97 Å². The van der Waals surface area contributed by atoms with Crippen LogP contribution in [0.1, 0.15) is 51.9 Å². The molecule has 4 rings (SSSR count). The van der Waals surface area contributed by atoms with E-state index in [1.165, 1.54) is 44.9 Å². The Morgan fingerprint density at radius 1 is 1.23 bits per heavy atom. The fourth-order valence-corrected chi connectivity index (χ4v) is 3.88. The SMILES string of the molecule is CCCCN1c2c(nnc3ncncc23)NC12CCCCC2. The zero-order valence-corrected chi connectivity index (χ0v) is 13.0. The summed E-state index contributed by atoms with van der Waals surface area (Å²) in [6, 6.07) is 0. The van der Waals surface area contributed by atoms with Gasteiger partial charge >= 0.3 is 0 Å². The molecule has 1 aliphatic carbocycles. The normalized spacial score (nSPS) is 19.4. The summed E-state index contributed by atoms with van der Waals surface area (Å²) in [5.74, 6) is 0.903. The highest BCUT2D eigenvalue weighted by Crippen LogP contribution is 2.47. The van der Waals surface area contributed by atoms with Gasteiger partial charge in [-0.2, -0.15) is 0 Å². The number of fused-ring (bicyclic) bond motifs is 3. The summed E-state index contributed by atoms with van der Waals surface area (Å²) >= 11 is 0. The number of anilines is 2. The van der Waals surface area contributed by atoms with E-state index in [0.717, 1.165) is 23.4 Å². The van der Waals surface area contributed by atoms with Crippen LogP contribution < -0.4 is 10.2 Å². The molecule has 0 amide bonds. The van der Waals surface area contributed by atoms with Gasteiger partial charge in [0.1, 0.15) is 12.0 Å². The summed E-state index contributed by atoms with van der Waals surface area (Å²) in [7, 11) is 0. The number of rotatable bonds is 3. The molecule has 1 N–H and O–H groups in total. The molecule has 116 valence electrons. The van der Waals surface area contributed by atoms with Crippen molar-refractivity contribution in [2.75, 3.05) is 16.8 Å². The molecule has 0 atom stereocenters. The van der Waals surface area contributed by atoms with Crippen molar-refractivity contribution in [1.29, 1.82) is 0 Å². The second-order valence-corrected chi connectivity index (χ2v) is 6.38. The van der Waals surface area contributed by atoms with Crippen LogP contribution in [0, 0.1) is 0 Å². The third kappa shape index (κ3) is 2.01. The van der Waals surface area contributed by atoms with Gasteiger partial charge in [0.2, 0.25) is 0 Å². The van der Waals surface area contributed by atoms with Gasteiger partial charge in [-0.1, -0.05) is 19.8 Å². The van der Waals surface area contributed by atoms with Gasteiger partial charge in [0.25, 0.3) is 0 Å². The van der Waals surface area contributed by atoms with Crippen molar-refractivity contribution >= 4 is 22.5 Å². The summed E-state index contributed by atoms with van der Waals surface area (Å²) in [5.41, 5.74) is 1.86. The molecule has 2 aromatic heterocycles. The molecular weight excluding hydrogens is 276 g/mol. The lowest BCUT2D eigenvalue weighted by Crippen LogP contribution is -2.52. The molecule has 0 unspecified atom stereocenters. The van der Waals surface area contributed by atoms with Crippen molar-refractivity contribution in [2.24, 2.45) is 0 Å². The molecule has 1 spiro atoms. The second-order valence-electron chi connectivity index (χ2n) is 6.38. The van der Waals surface area contributed by atoms with Crippen LogP contribution in [0.3, 0.4) is 0 Å². The average molecular weight is 298 g/mol.